The number of rotatable bonds is 3. The molecule has 0 fully saturated rings. The summed E-state index contributed by atoms with van der Waals surface area (Å²) in [5, 5.41) is 21.9. The van der Waals surface area contributed by atoms with Crippen LogP contribution in [0.2, 0.25) is 0 Å². The molecular formula is C7H11N3O4. The van der Waals surface area contributed by atoms with E-state index in [9.17, 15) is 9.59 Å². The molecule has 0 bridgehead atoms. The quantitative estimate of drug-likeness (QED) is 0.342. The van der Waals surface area contributed by atoms with Gasteiger partial charge in [0.15, 0.2) is 5.66 Å². The first kappa shape index (κ1) is 10.6. The standard InChI is InChI=1S/C7H11N3O4/c8-7(5(13)3-12)4(2-11)1-9-6(14)10-7/h1,11-12H,2-3,8H2,(H2,9,10,14). The lowest BCUT2D eigenvalue weighted by atomic mass is 9.96. The van der Waals surface area contributed by atoms with Crippen LogP contribution in [0.25, 0.3) is 0 Å². The molecule has 2 amide bonds. The van der Waals surface area contributed by atoms with Crippen LogP contribution in [-0.4, -0.2) is 40.9 Å². The van der Waals surface area contributed by atoms with Crippen LogP contribution in [0.3, 0.4) is 0 Å². The van der Waals surface area contributed by atoms with E-state index in [-0.39, 0.29) is 5.57 Å². The van der Waals surface area contributed by atoms with Crippen molar-refractivity contribution in [2.45, 2.75) is 5.66 Å². The monoisotopic (exact) mass is 201 g/mol. The third-order valence-electron chi connectivity index (χ3n) is 1.95. The van der Waals surface area contributed by atoms with Crippen LogP contribution in [0.15, 0.2) is 11.8 Å². The molecule has 1 unspecified atom stereocenters. The topological polar surface area (TPSA) is 125 Å². The summed E-state index contributed by atoms with van der Waals surface area (Å²) in [5.41, 5.74) is 3.83. The van der Waals surface area contributed by atoms with Crippen LogP contribution in [0.5, 0.6) is 0 Å². The average molecular weight is 201 g/mol. The van der Waals surface area contributed by atoms with E-state index < -0.39 is 30.7 Å². The molecule has 0 saturated heterocycles. The zero-order valence-electron chi connectivity index (χ0n) is 7.28. The second kappa shape index (κ2) is 3.74. The van der Waals surface area contributed by atoms with E-state index in [1.54, 1.807) is 0 Å². The summed E-state index contributed by atoms with van der Waals surface area (Å²) in [4.78, 5) is 22.1. The van der Waals surface area contributed by atoms with Crippen molar-refractivity contribution in [1.82, 2.24) is 10.6 Å². The Morgan fingerprint density at radius 1 is 1.57 bits per heavy atom. The molecule has 0 saturated carbocycles. The van der Waals surface area contributed by atoms with Crippen LogP contribution < -0.4 is 16.4 Å². The van der Waals surface area contributed by atoms with Gasteiger partial charge in [0.1, 0.15) is 6.61 Å². The fraction of sp³-hybridized carbons (Fsp3) is 0.429. The van der Waals surface area contributed by atoms with Gasteiger partial charge in [-0.1, -0.05) is 0 Å². The third-order valence-corrected chi connectivity index (χ3v) is 1.95. The van der Waals surface area contributed by atoms with Crippen LogP contribution in [0.1, 0.15) is 0 Å². The van der Waals surface area contributed by atoms with Crippen molar-refractivity contribution < 1.29 is 19.8 Å². The van der Waals surface area contributed by atoms with Crippen molar-refractivity contribution in [3.8, 4) is 0 Å². The first-order chi connectivity index (χ1) is 6.54. The van der Waals surface area contributed by atoms with Gasteiger partial charge in [-0.05, 0) is 0 Å². The first-order valence-electron chi connectivity index (χ1n) is 3.86. The predicted octanol–water partition coefficient (Wildman–Crippen LogP) is -2.61. The van der Waals surface area contributed by atoms with Crippen LogP contribution in [-0.2, 0) is 4.79 Å². The van der Waals surface area contributed by atoms with Gasteiger partial charge in [-0.15, -0.1) is 0 Å². The SMILES string of the molecule is NC1(C(=O)CO)NC(=O)NC=C1CO. The molecule has 78 valence electrons. The van der Waals surface area contributed by atoms with Gasteiger partial charge in [0.2, 0.25) is 5.78 Å². The summed E-state index contributed by atoms with van der Waals surface area (Å²) in [6.45, 7) is -1.30. The maximum absolute atomic E-state index is 11.2. The maximum Gasteiger partial charge on any atom is 0.320 e. The van der Waals surface area contributed by atoms with Gasteiger partial charge in [0, 0.05) is 11.8 Å². The Labute approximate surface area is 79.6 Å². The molecule has 14 heavy (non-hydrogen) atoms. The summed E-state index contributed by atoms with van der Waals surface area (Å²) in [6.07, 6.45) is 1.15. The second-order valence-corrected chi connectivity index (χ2v) is 2.82. The highest BCUT2D eigenvalue weighted by atomic mass is 16.3. The van der Waals surface area contributed by atoms with Crippen molar-refractivity contribution in [3.63, 3.8) is 0 Å². The number of carbonyl (C=O) groups is 2. The maximum atomic E-state index is 11.2. The lowest BCUT2D eigenvalue weighted by Crippen LogP contribution is -2.68. The molecule has 1 aliphatic rings. The fourth-order valence-electron chi connectivity index (χ4n) is 1.11. The average Bonchev–Trinajstić information content (AvgIpc) is 2.16. The third kappa shape index (κ3) is 1.60. The normalized spacial score (nSPS) is 26.2. The zero-order chi connectivity index (χ0) is 10.8. The van der Waals surface area contributed by atoms with Crippen molar-refractivity contribution >= 4 is 11.8 Å². The molecule has 0 aromatic rings. The number of nitrogens with two attached hydrogens (primary N) is 1. The molecule has 0 aliphatic carbocycles. The van der Waals surface area contributed by atoms with Gasteiger partial charge in [0.05, 0.1) is 6.61 Å². The summed E-state index contributed by atoms with van der Waals surface area (Å²) in [5.74, 6) is -0.785. The Balaban J connectivity index is 3.03. The number of hydrogen-bond donors (Lipinski definition) is 5. The van der Waals surface area contributed by atoms with Gasteiger partial charge in [-0.2, -0.15) is 0 Å². The van der Waals surface area contributed by atoms with E-state index in [0.717, 1.165) is 6.20 Å². The molecule has 6 N–H and O–H groups in total. The predicted molar refractivity (Wildman–Crippen MR) is 45.8 cm³/mol. The summed E-state index contributed by atoms with van der Waals surface area (Å²) >= 11 is 0. The molecule has 1 heterocycles. The second-order valence-electron chi connectivity index (χ2n) is 2.82. The van der Waals surface area contributed by atoms with E-state index >= 15 is 0 Å². The minimum Gasteiger partial charge on any atom is -0.392 e. The van der Waals surface area contributed by atoms with Crippen molar-refractivity contribution in [1.29, 1.82) is 0 Å². The minimum absolute atomic E-state index is 0.0937. The number of aliphatic hydroxyl groups is 2. The van der Waals surface area contributed by atoms with Gasteiger partial charge >= 0.3 is 6.03 Å². The number of carbonyl (C=O) groups excluding carboxylic acids is 2. The van der Waals surface area contributed by atoms with E-state index in [2.05, 4.69) is 10.6 Å². The molecule has 1 aliphatic heterocycles. The Kier molecular flexibility index (Phi) is 2.84. The van der Waals surface area contributed by atoms with E-state index in [0.29, 0.717) is 0 Å². The highest BCUT2D eigenvalue weighted by Crippen LogP contribution is 2.13. The molecule has 7 nitrogen and oxygen atoms in total. The van der Waals surface area contributed by atoms with Crippen molar-refractivity contribution in [2.75, 3.05) is 13.2 Å². The molecule has 0 radical (unpaired) electrons. The van der Waals surface area contributed by atoms with Gasteiger partial charge in [-0.3, -0.25) is 10.5 Å². The van der Waals surface area contributed by atoms with Gasteiger partial charge < -0.3 is 20.8 Å². The van der Waals surface area contributed by atoms with Crippen molar-refractivity contribution in [2.24, 2.45) is 5.73 Å². The van der Waals surface area contributed by atoms with Crippen LogP contribution >= 0.6 is 0 Å². The van der Waals surface area contributed by atoms with Crippen LogP contribution in [0.4, 0.5) is 4.79 Å². The van der Waals surface area contributed by atoms with E-state index in [1.807, 2.05) is 0 Å². The van der Waals surface area contributed by atoms with Crippen molar-refractivity contribution in [3.05, 3.63) is 11.8 Å². The van der Waals surface area contributed by atoms with Gasteiger partial charge in [0.25, 0.3) is 0 Å². The molecule has 0 aromatic carbocycles. The summed E-state index contributed by atoms with van der Waals surface area (Å²) in [6, 6.07) is -0.661. The zero-order valence-corrected chi connectivity index (χ0v) is 7.28. The molecular weight excluding hydrogens is 190 g/mol. The highest BCUT2D eigenvalue weighted by Gasteiger charge is 2.40. The lowest BCUT2D eigenvalue weighted by molar-refractivity contribution is -0.126. The smallest absolute Gasteiger partial charge is 0.320 e. The number of hydrogen-bond acceptors (Lipinski definition) is 5. The van der Waals surface area contributed by atoms with E-state index in [1.165, 1.54) is 0 Å². The number of aliphatic hydroxyl groups excluding tert-OH is 2. The molecule has 1 rings (SSSR count). The lowest BCUT2D eigenvalue weighted by Gasteiger charge is -2.33. The molecule has 0 aromatic heterocycles. The number of ketones is 1. The number of amides is 2. The Hall–Kier alpha value is -1.44. The van der Waals surface area contributed by atoms with E-state index in [4.69, 9.17) is 15.9 Å². The number of Topliss-reactive ketones (excluding diaryl/α,β-unsaturated/α-hetero) is 1. The number of nitrogens with one attached hydrogen (secondary N) is 2. The Bertz CT molecular complexity index is 301. The van der Waals surface area contributed by atoms with Gasteiger partial charge in [-0.25, -0.2) is 4.79 Å². The molecule has 7 heteroatoms. The number of urea groups is 1. The largest absolute Gasteiger partial charge is 0.392 e. The Morgan fingerprint density at radius 2 is 2.21 bits per heavy atom. The summed E-state index contributed by atoms with van der Waals surface area (Å²) < 4.78 is 0. The summed E-state index contributed by atoms with van der Waals surface area (Å²) in [7, 11) is 0. The Morgan fingerprint density at radius 3 is 2.71 bits per heavy atom. The first-order valence-corrected chi connectivity index (χ1v) is 3.86. The molecule has 1 atom stereocenters. The fourth-order valence-corrected chi connectivity index (χ4v) is 1.11. The highest BCUT2D eigenvalue weighted by molar-refractivity contribution is 5.97. The molecule has 0 spiro atoms. The minimum atomic E-state index is -1.81. The van der Waals surface area contributed by atoms with Crippen LogP contribution in [0, 0.1) is 0 Å².